The Balaban J connectivity index is 1.44. The van der Waals surface area contributed by atoms with Crippen LogP contribution in [0.1, 0.15) is 51.6 Å². The molecule has 2 aromatic rings. The number of carbonyl (C=O) groups excluding carboxylic acids is 1. The number of hydrogen-bond donors (Lipinski definition) is 4. The molecule has 0 saturated heterocycles. The molecule has 0 spiro atoms. The number of H-pyrrole nitrogens is 1. The number of nitrogens with zero attached hydrogens (tertiary/aromatic N) is 1. The fraction of sp³-hybridized carbons (Fsp3) is 0.500. The number of anilines is 2. The van der Waals surface area contributed by atoms with Crippen molar-refractivity contribution in [2.75, 3.05) is 5.32 Å². The molecule has 1 saturated carbocycles. The summed E-state index contributed by atoms with van der Waals surface area (Å²) in [5, 5.41) is 13.2. The van der Waals surface area contributed by atoms with Crippen LogP contribution in [-0.2, 0) is 14.8 Å². The van der Waals surface area contributed by atoms with E-state index < -0.39 is 16.3 Å². The number of fused-ring (bicyclic) bond motifs is 1. The molecule has 1 amide bonds. The monoisotopic (exact) mass is 449 g/mol. The first-order valence-electron chi connectivity index (χ1n) is 10.3. The fourth-order valence-electron chi connectivity index (χ4n) is 3.93. The molecule has 1 aliphatic heterocycles. The molecule has 1 aromatic heterocycles. The molecule has 1 aliphatic carbocycles. The van der Waals surface area contributed by atoms with Crippen molar-refractivity contribution in [3.8, 4) is 5.75 Å². The average Bonchev–Trinajstić information content (AvgIpc) is 3.30. The van der Waals surface area contributed by atoms with Crippen molar-refractivity contribution < 1.29 is 22.7 Å². The van der Waals surface area contributed by atoms with E-state index in [4.69, 9.17) is 9.47 Å². The van der Waals surface area contributed by atoms with Gasteiger partial charge in [0.25, 0.3) is 0 Å². The number of hydrogen-bond acceptors (Lipinski definition) is 7. The van der Waals surface area contributed by atoms with Crippen LogP contribution in [0, 0.1) is 0 Å². The van der Waals surface area contributed by atoms with Gasteiger partial charge < -0.3 is 20.1 Å². The van der Waals surface area contributed by atoms with Crippen molar-refractivity contribution in [1.29, 1.82) is 0 Å². The minimum Gasteiger partial charge on any atom is -0.471 e. The highest BCUT2D eigenvalue weighted by molar-refractivity contribution is 7.89. The molecule has 1 aromatic carbocycles. The Morgan fingerprint density at radius 1 is 1.32 bits per heavy atom. The molecule has 1 unspecified atom stereocenters. The summed E-state index contributed by atoms with van der Waals surface area (Å²) >= 11 is 0. The Labute approximate surface area is 181 Å². The molecule has 4 N–H and O–H groups in total. The first-order chi connectivity index (χ1) is 14.7. The molecule has 2 heterocycles. The van der Waals surface area contributed by atoms with Gasteiger partial charge in [-0.3, -0.25) is 5.10 Å². The summed E-state index contributed by atoms with van der Waals surface area (Å²) in [7, 11) is -3.63. The van der Waals surface area contributed by atoms with Crippen LogP contribution < -0.4 is 20.1 Å². The van der Waals surface area contributed by atoms with Crippen molar-refractivity contribution in [3.05, 3.63) is 30.0 Å². The van der Waals surface area contributed by atoms with Crippen molar-refractivity contribution in [1.82, 2.24) is 20.2 Å². The van der Waals surface area contributed by atoms with Crippen molar-refractivity contribution in [2.24, 2.45) is 0 Å². The molecule has 2 aliphatic rings. The van der Waals surface area contributed by atoms with E-state index in [1.54, 1.807) is 19.1 Å². The zero-order valence-electron chi connectivity index (χ0n) is 17.6. The topological polar surface area (TPSA) is 134 Å². The maximum absolute atomic E-state index is 12.4. The van der Waals surface area contributed by atoms with Crippen LogP contribution in [0.2, 0.25) is 0 Å². The molecule has 11 heteroatoms. The maximum atomic E-state index is 12.4. The summed E-state index contributed by atoms with van der Waals surface area (Å²) < 4.78 is 38.3. The average molecular weight is 450 g/mol. The highest BCUT2D eigenvalue weighted by Gasteiger charge is 2.32. The Morgan fingerprint density at radius 2 is 2.13 bits per heavy atom. The van der Waals surface area contributed by atoms with E-state index in [9.17, 15) is 13.2 Å². The van der Waals surface area contributed by atoms with E-state index in [-0.39, 0.29) is 34.8 Å². The lowest BCUT2D eigenvalue weighted by Gasteiger charge is -2.26. The van der Waals surface area contributed by atoms with Gasteiger partial charge in [-0.05, 0) is 52.2 Å². The number of aromatic amines is 1. The smallest absolute Gasteiger partial charge is 0.407 e. The van der Waals surface area contributed by atoms with E-state index in [2.05, 4.69) is 25.6 Å². The lowest BCUT2D eigenvalue weighted by atomic mass is 10.0. The van der Waals surface area contributed by atoms with Crippen molar-refractivity contribution in [2.45, 2.75) is 69.2 Å². The summed E-state index contributed by atoms with van der Waals surface area (Å²) in [5.74, 6) is 1.02. The van der Waals surface area contributed by atoms with E-state index in [1.807, 2.05) is 19.9 Å². The third-order valence-electron chi connectivity index (χ3n) is 5.25. The number of aromatic nitrogens is 2. The number of benzene rings is 1. The lowest BCUT2D eigenvalue weighted by molar-refractivity contribution is 0.0981. The van der Waals surface area contributed by atoms with Crippen LogP contribution >= 0.6 is 0 Å². The predicted molar refractivity (Wildman–Crippen MR) is 114 cm³/mol. The second-order valence-electron chi connectivity index (χ2n) is 8.18. The molecule has 31 heavy (non-hydrogen) atoms. The summed E-state index contributed by atoms with van der Waals surface area (Å²) in [6.45, 7) is 5.41. The van der Waals surface area contributed by atoms with Crippen LogP contribution in [-0.4, -0.2) is 43.1 Å². The van der Waals surface area contributed by atoms with Gasteiger partial charge in [0.1, 0.15) is 11.0 Å². The Morgan fingerprint density at radius 3 is 2.90 bits per heavy atom. The quantitative estimate of drug-likeness (QED) is 0.551. The van der Waals surface area contributed by atoms with E-state index in [0.29, 0.717) is 11.5 Å². The molecule has 0 radical (unpaired) electrons. The molecule has 3 atom stereocenters. The molecule has 1 fully saturated rings. The maximum Gasteiger partial charge on any atom is 0.407 e. The number of carbonyl (C=O) groups is 1. The van der Waals surface area contributed by atoms with E-state index in [0.717, 1.165) is 25.0 Å². The van der Waals surface area contributed by atoms with Gasteiger partial charge in [-0.25, -0.2) is 13.2 Å². The first kappa shape index (κ1) is 21.4. The minimum atomic E-state index is -3.63. The van der Waals surface area contributed by atoms with Gasteiger partial charge in [0.05, 0.1) is 5.69 Å². The molecular formula is C20H27N5O5S. The zero-order valence-corrected chi connectivity index (χ0v) is 18.5. The summed E-state index contributed by atoms with van der Waals surface area (Å²) in [6.07, 6.45) is 1.21. The second-order valence-corrected chi connectivity index (χ2v) is 9.87. The Hall–Kier alpha value is -2.79. The Bertz CT molecular complexity index is 1070. The number of nitrogens with one attached hydrogen (secondary N) is 4. The second kappa shape index (κ2) is 8.39. The van der Waals surface area contributed by atoms with Crippen LogP contribution in [0.15, 0.2) is 29.2 Å². The fourth-order valence-corrected chi connectivity index (χ4v) is 5.20. The van der Waals surface area contributed by atoms with Gasteiger partial charge in [0.15, 0.2) is 17.8 Å². The van der Waals surface area contributed by atoms with Gasteiger partial charge in [-0.2, -0.15) is 9.82 Å². The third kappa shape index (κ3) is 4.77. The zero-order chi connectivity index (χ0) is 22.2. The highest BCUT2D eigenvalue weighted by Crippen LogP contribution is 2.39. The van der Waals surface area contributed by atoms with Gasteiger partial charge >= 0.3 is 6.09 Å². The van der Waals surface area contributed by atoms with Gasteiger partial charge in [-0.15, -0.1) is 0 Å². The third-order valence-corrected chi connectivity index (χ3v) is 6.79. The number of rotatable bonds is 5. The molecule has 4 rings (SSSR count). The van der Waals surface area contributed by atoms with E-state index in [1.165, 1.54) is 6.07 Å². The van der Waals surface area contributed by atoms with Crippen LogP contribution in [0.25, 0.3) is 0 Å². The number of amides is 1. The number of alkyl carbamates (subject to hydrolysis) is 1. The first-order valence-corrected chi connectivity index (χ1v) is 11.8. The molecule has 10 nitrogen and oxygen atoms in total. The van der Waals surface area contributed by atoms with Gasteiger partial charge in [0, 0.05) is 23.7 Å². The highest BCUT2D eigenvalue weighted by atomic mass is 32.2. The lowest BCUT2D eigenvalue weighted by Crippen LogP contribution is -2.41. The molecule has 0 bridgehead atoms. The number of ether oxygens (including phenoxy) is 2. The van der Waals surface area contributed by atoms with Crippen LogP contribution in [0.3, 0.4) is 0 Å². The Kier molecular flexibility index (Phi) is 5.80. The van der Waals surface area contributed by atoms with Gasteiger partial charge in [-0.1, -0.05) is 6.07 Å². The van der Waals surface area contributed by atoms with E-state index >= 15 is 0 Å². The summed E-state index contributed by atoms with van der Waals surface area (Å²) in [5.41, 5.74) is 1.46. The van der Waals surface area contributed by atoms with Gasteiger partial charge in [0.2, 0.25) is 10.0 Å². The van der Waals surface area contributed by atoms with Crippen molar-refractivity contribution >= 4 is 27.6 Å². The van der Waals surface area contributed by atoms with Crippen LogP contribution in [0.5, 0.6) is 5.75 Å². The predicted octanol–water partition coefficient (Wildman–Crippen LogP) is 2.94. The molecule has 168 valence electrons. The SMILES string of the molecule is CC(C)NC(=O)O[C@@H]1CC[C@H](c2cc(Nc3cccc4c3OC(C)NS4(=O)=O)n[nH]2)C1. The summed E-state index contributed by atoms with van der Waals surface area (Å²) in [6, 6.07) is 6.81. The molecular weight excluding hydrogens is 422 g/mol. The van der Waals surface area contributed by atoms with Crippen molar-refractivity contribution in [3.63, 3.8) is 0 Å². The van der Waals surface area contributed by atoms with Crippen LogP contribution in [0.4, 0.5) is 16.3 Å². The summed E-state index contributed by atoms with van der Waals surface area (Å²) in [4.78, 5) is 11.9. The normalized spacial score (nSPS) is 24.3. The number of para-hydroxylation sites is 1. The minimum absolute atomic E-state index is 0.0346. The largest absolute Gasteiger partial charge is 0.471 e. The number of sulfonamides is 1. The standard InChI is InChI=1S/C20H27N5O5S/c1-11(2)21-20(26)30-14-8-7-13(9-14)16-10-18(24-23-16)22-15-5-4-6-17-19(15)29-12(3)25-31(17,27)28/h4-6,10-14,25H,7-9H2,1-3H3,(H,21,26)(H2,22,23,24)/t12?,13-,14+/m0/s1.